The second-order valence-corrected chi connectivity index (χ2v) is 13.0. The molecule has 0 aliphatic carbocycles. The number of carboxylic acids is 1. The quantitative estimate of drug-likeness (QED) is 0.0447. The number of carbonyl (C=O) groups excluding carboxylic acids is 2. The molecule has 248 valence electrons. The Bertz CT molecular complexity index is 674. The van der Waals surface area contributed by atoms with Gasteiger partial charge in [0, 0.05) is 12.8 Å². The number of unbranched alkanes of at least 4 members (excludes halogenated alkanes) is 24. The first kappa shape index (κ1) is 41.0. The van der Waals surface area contributed by atoms with E-state index in [1.54, 1.807) is 0 Å². The second-order valence-electron chi connectivity index (χ2n) is 12.5. The molecule has 1 amide bonds. The number of rotatable bonds is 32. The van der Waals surface area contributed by atoms with Crippen LogP contribution in [0.2, 0.25) is 0 Å². The molecule has 6 nitrogen and oxygen atoms in total. The number of amides is 1. The third-order valence-electron chi connectivity index (χ3n) is 8.73. The molecule has 0 saturated carbocycles. The first-order chi connectivity index (χ1) is 20.4. The summed E-state index contributed by atoms with van der Waals surface area (Å²) in [6.07, 6.45) is 31.2. The van der Waals surface area contributed by atoms with Crippen LogP contribution in [-0.2, 0) is 14.4 Å². The summed E-state index contributed by atoms with van der Waals surface area (Å²) in [6.45, 7) is 3.58. The Morgan fingerprint density at radius 3 is 1.10 bits per heavy atom. The number of carboxylic acid groups (broad SMARTS) is 1. The minimum absolute atomic E-state index is 0.0571. The predicted octanol–water partition coefficient (Wildman–Crippen LogP) is 9.95. The number of aliphatic hydroxyl groups excluding tert-OH is 1. The van der Waals surface area contributed by atoms with Gasteiger partial charge in [0.1, 0.15) is 0 Å². The van der Waals surface area contributed by atoms with E-state index in [0.29, 0.717) is 12.8 Å². The molecule has 0 aliphatic heterocycles. The van der Waals surface area contributed by atoms with Gasteiger partial charge in [0.05, 0.1) is 6.61 Å². The van der Waals surface area contributed by atoms with Crippen molar-refractivity contribution in [3.63, 3.8) is 0 Å². The summed E-state index contributed by atoms with van der Waals surface area (Å²) in [5, 5.41) is 19.9. The normalized spacial score (nSPS) is 12.8. The molecule has 0 radical (unpaired) electrons. The molecule has 0 bridgehead atoms. The standard InChI is InChI=1S/C35H68NO5P/c1-3-5-7-9-11-13-15-17-19-21-23-25-27-29-32(38)35(31-37,34(40)41)36(42)33(39)30-28-26-24-22-20-18-16-14-12-10-8-6-4-2/h37H,3-31,42H2,1-2H3,(H,40,41)/t35-/m0/s1. The van der Waals surface area contributed by atoms with E-state index < -0.39 is 29.8 Å². The molecule has 2 atom stereocenters. The lowest BCUT2D eigenvalue weighted by atomic mass is 9.90. The molecule has 0 spiro atoms. The van der Waals surface area contributed by atoms with Gasteiger partial charge in [-0.15, -0.1) is 0 Å². The molecular formula is C35H68NO5P. The Balaban J connectivity index is 4.15. The molecule has 0 fully saturated rings. The Morgan fingerprint density at radius 2 is 0.810 bits per heavy atom. The average Bonchev–Trinajstić information content (AvgIpc) is 2.98. The van der Waals surface area contributed by atoms with Crippen LogP contribution in [0.25, 0.3) is 0 Å². The molecule has 0 saturated heterocycles. The van der Waals surface area contributed by atoms with Crippen LogP contribution in [0.5, 0.6) is 0 Å². The SMILES string of the molecule is CCCCCCCCCCCCCCCC(=O)N(P)[C@](CO)(C(=O)O)C(=O)CCCCCCCCCCCCCCC. The van der Waals surface area contributed by atoms with Crippen LogP contribution in [0.15, 0.2) is 0 Å². The molecule has 0 heterocycles. The van der Waals surface area contributed by atoms with Gasteiger partial charge in [-0.1, -0.05) is 168 Å². The van der Waals surface area contributed by atoms with E-state index in [9.17, 15) is 24.6 Å². The first-order valence-corrected chi connectivity index (χ1v) is 18.3. The zero-order chi connectivity index (χ0) is 31.3. The Kier molecular flexibility index (Phi) is 28.1. The van der Waals surface area contributed by atoms with E-state index in [2.05, 4.69) is 23.2 Å². The number of carbonyl (C=O) groups is 3. The minimum atomic E-state index is -2.21. The number of hydrogen-bond donors (Lipinski definition) is 2. The van der Waals surface area contributed by atoms with Gasteiger partial charge in [0.2, 0.25) is 11.4 Å². The van der Waals surface area contributed by atoms with Crippen LogP contribution in [0.3, 0.4) is 0 Å². The first-order valence-electron chi connectivity index (χ1n) is 17.8. The molecule has 42 heavy (non-hydrogen) atoms. The third kappa shape index (κ3) is 19.3. The van der Waals surface area contributed by atoms with Crippen molar-refractivity contribution in [1.82, 2.24) is 4.67 Å². The van der Waals surface area contributed by atoms with E-state index >= 15 is 0 Å². The fraction of sp³-hybridized carbons (Fsp3) is 0.914. The van der Waals surface area contributed by atoms with Crippen LogP contribution in [-0.4, -0.2) is 44.7 Å². The Hall–Kier alpha value is -1.00. The van der Waals surface area contributed by atoms with Crippen molar-refractivity contribution in [1.29, 1.82) is 0 Å². The Labute approximate surface area is 261 Å². The van der Waals surface area contributed by atoms with Crippen molar-refractivity contribution >= 4 is 27.1 Å². The predicted molar refractivity (Wildman–Crippen MR) is 180 cm³/mol. The van der Waals surface area contributed by atoms with Crippen molar-refractivity contribution in [2.75, 3.05) is 6.61 Å². The van der Waals surface area contributed by atoms with Gasteiger partial charge in [-0.25, -0.2) is 4.79 Å². The molecule has 7 heteroatoms. The number of nitrogens with zero attached hydrogens (tertiary/aromatic N) is 1. The zero-order valence-electron chi connectivity index (χ0n) is 27.6. The lowest BCUT2D eigenvalue weighted by molar-refractivity contribution is -0.161. The molecule has 0 aromatic rings. The smallest absolute Gasteiger partial charge is 0.340 e. The molecule has 0 rings (SSSR count). The van der Waals surface area contributed by atoms with Crippen LogP contribution < -0.4 is 0 Å². The monoisotopic (exact) mass is 613 g/mol. The topological polar surface area (TPSA) is 94.9 Å². The summed E-state index contributed by atoms with van der Waals surface area (Å²) < 4.78 is 0.917. The number of Topliss-reactive ketones (excluding diaryl/α,β-unsaturated/α-hetero) is 1. The number of aliphatic hydroxyl groups is 1. The maximum absolute atomic E-state index is 13.0. The van der Waals surface area contributed by atoms with Crippen molar-refractivity contribution in [3.05, 3.63) is 0 Å². The molecule has 0 aromatic carbocycles. The van der Waals surface area contributed by atoms with E-state index in [1.807, 2.05) is 0 Å². The van der Waals surface area contributed by atoms with Gasteiger partial charge in [-0.05, 0) is 22.2 Å². The van der Waals surface area contributed by atoms with Crippen molar-refractivity contribution in [2.45, 2.75) is 199 Å². The highest BCUT2D eigenvalue weighted by atomic mass is 31.0. The average molecular weight is 614 g/mol. The summed E-state index contributed by atoms with van der Waals surface area (Å²) in [6, 6.07) is 0. The molecule has 0 aliphatic rings. The highest BCUT2D eigenvalue weighted by Gasteiger charge is 2.50. The fourth-order valence-electron chi connectivity index (χ4n) is 5.73. The molecule has 2 N–H and O–H groups in total. The number of ketones is 1. The van der Waals surface area contributed by atoms with E-state index in [0.717, 1.165) is 43.2 Å². The Morgan fingerprint density at radius 1 is 0.524 bits per heavy atom. The van der Waals surface area contributed by atoms with Crippen LogP contribution in [0, 0.1) is 0 Å². The van der Waals surface area contributed by atoms with Crippen LogP contribution >= 0.6 is 9.39 Å². The van der Waals surface area contributed by atoms with Crippen molar-refractivity contribution in [2.24, 2.45) is 0 Å². The maximum atomic E-state index is 13.0. The minimum Gasteiger partial charge on any atom is -0.479 e. The lowest BCUT2D eigenvalue weighted by Crippen LogP contribution is -2.60. The van der Waals surface area contributed by atoms with Crippen molar-refractivity contribution in [3.8, 4) is 0 Å². The van der Waals surface area contributed by atoms with Gasteiger partial charge in [0.15, 0.2) is 5.78 Å². The van der Waals surface area contributed by atoms with Crippen LogP contribution in [0.4, 0.5) is 0 Å². The summed E-state index contributed by atoms with van der Waals surface area (Å²) in [4.78, 5) is 38.0. The molecule has 0 aromatic heterocycles. The van der Waals surface area contributed by atoms with E-state index in [4.69, 9.17) is 0 Å². The van der Waals surface area contributed by atoms with Gasteiger partial charge in [0.25, 0.3) is 0 Å². The highest BCUT2D eigenvalue weighted by molar-refractivity contribution is 7.15. The fourth-order valence-corrected chi connectivity index (χ4v) is 6.19. The van der Waals surface area contributed by atoms with Crippen LogP contribution in [0.1, 0.15) is 194 Å². The lowest BCUT2D eigenvalue weighted by Gasteiger charge is -2.35. The molecular weight excluding hydrogens is 545 g/mol. The second kappa shape index (κ2) is 28.8. The summed E-state index contributed by atoms with van der Waals surface area (Å²) in [7, 11) is 2.12. The molecule has 1 unspecified atom stereocenters. The van der Waals surface area contributed by atoms with Crippen molar-refractivity contribution < 1.29 is 24.6 Å². The van der Waals surface area contributed by atoms with E-state index in [1.165, 1.54) is 116 Å². The van der Waals surface area contributed by atoms with E-state index in [-0.39, 0.29) is 12.8 Å². The number of hydrogen-bond acceptors (Lipinski definition) is 4. The third-order valence-corrected chi connectivity index (χ3v) is 9.45. The van der Waals surface area contributed by atoms with Gasteiger partial charge in [-0.2, -0.15) is 0 Å². The zero-order valence-corrected chi connectivity index (χ0v) is 28.8. The van der Waals surface area contributed by atoms with Gasteiger partial charge in [-0.3, -0.25) is 9.59 Å². The van der Waals surface area contributed by atoms with Gasteiger partial charge < -0.3 is 14.9 Å². The largest absolute Gasteiger partial charge is 0.479 e. The number of aliphatic carboxylic acids is 1. The van der Waals surface area contributed by atoms with Gasteiger partial charge >= 0.3 is 5.97 Å². The summed E-state index contributed by atoms with van der Waals surface area (Å²) in [5.41, 5.74) is -2.21. The summed E-state index contributed by atoms with van der Waals surface area (Å²) >= 11 is 0. The maximum Gasteiger partial charge on any atom is 0.340 e. The summed E-state index contributed by atoms with van der Waals surface area (Å²) in [5.74, 6) is -2.47. The highest BCUT2D eigenvalue weighted by Crippen LogP contribution is 2.26.